The van der Waals surface area contributed by atoms with Crippen molar-refractivity contribution in [1.82, 2.24) is 9.55 Å². The van der Waals surface area contributed by atoms with E-state index in [0.29, 0.717) is 11.5 Å². The minimum atomic E-state index is -0.120. The molecule has 2 aromatic heterocycles. The Morgan fingerprint density at radius 2 is 1.49 bits per heavy atom. The Labute approximate surface area is 276 Å². The van der Waals surface area contributed by atoms with Crippen LogP contribution in [0.25, 0.3) is 27.8 Å². The third kappa shape index (κ3) is 4.30. The molecular formula is C37H24BN5OPt-2. The first-order chi connectivity index (χ1) is 21.7. The van der Waals surface area contributed by atoms with Gasteiger partial charge in [-0.3, -0.25) is 0 Å². The van der Waals surface area contributed by atoms with Crippen molar-refractivity contribution < 1.29 is 30.4 Å². The molecule has 6 nitrogen and oxygen atoms in total. The second kappa shape index (κ2) is 10.8. The molecule has 0 spiro atoms. The van der Waals surface area contributed by atoms with E-state index in [4.69, 9.17) is 9.72 Å². The van der Waals surface area contributed by atoms with Crippen molar-refractivity contribution >= 4 is 46.4 Å². The van der Waals surface area contributed by atoms with Gasteiger partial charge in [0.1, 0.15) is 5.82 Å². The molecule has 0 aliphatic carbocycles. The molecule has 2 aliphatic rings. The van der Waals surface area contributed by atoms with E-state index in [9.17, 15) is 0 Å². The Hall–Kier alpha value is -5.13. The Bertz CT molecular complexity index is 2220. The molecule has 2 aliphatic heterocycles. The van der Waals surface area contributed by atoms with Crippen LogP contribution in [0, 0.1) is 18.5 Å². The summed E-state index contributed by atoms with van der Waals surface area (Å²) in [5.74, 6) is 2.11. The van der Waals surface area contributed by atoms with Gasteiger partial charge in [0.05, 0.1) is 18.1 Å². The first kappa shape index (κ1) is 27.4. The maximum atomic E-state index is 6.45. The Kier molecular flexibility index (Phi) is 6.58. The predicted molar refractivity (Wildman–Crippen MR) is 173 cm³/mol. The van der Waals surface area contributed by atoms with Gasteiger partial charge in [0.2, 0.25) is 6.33 Å². The van der Waals surface area contributed by atoms with Gasteiger partial charge in [-0.15, -0.1) is 30.3 Å². The number of anilines is 4. The molecule has 8 heteroatoms. The SMILES string of the molecule is C[n+]1[c-]n(-c2[c-]c(Oc3[c-]c4c(cc3)N(c3ccccc3)B3c5ccccc5-c5cccnc5N34)ccc2)c2ccccc21.[Pt]. The summed E-state index contributed by atoms with van der Waals surface area (Å²) in [5, 5.41) is 0. The normalized spacial score (nSPS) is 12.7. The molecule has 0 fully saturated rings. The number of rotatable bonds is 4. The van der Waals surface area contributed by atoms with E-state index in [1.807, 2.05) is 70.9 Å². The summed E-state index contributed by atoms with van der Waals surface area (Å²) in [6.07, 6.45) is 5.24. The standard InChI is InChI=1S/C37H24BN5O.Pt/c1-40-25-41(34-19-8-7-18-33(34)40)27-13-9-14-28(23-27)44-29-20-21-35-36(24-29)43-37-31(16-10-22-39-37)30-15-5-6-17-32(30)38(43)42(35)26-11-3-2-4-12-26;/h2-22H,1H3;/q-2;. The second-order valence-electron chi connectivity index (χ2n) is 11.0. The molecule has 0 saturated carbocycles. The molecule has 0 saturated heterocycles. The zero-order chi connectivity index (χ0) is 29.2. The van der Waals surface area contributed by atoms with Gasteiger partial charge >= 0.3 is 6.98 Å². The van der Waals surface area contributed by atoms with E-state index in [2.05, 4.69) is 101 Å². The van der Waals surface area contributed by atoms with Gasteiger partial charge in [0.15, 0.2) is 0 Å². The van der Waals surface area contributed by atoms with Gasteiger partial charge in [-0.1, -0.05) is 83.8 Å². The molecule has 4 heterocycles. The number of ether oxygens (including phenoxy) is 1. The Morgan fingerprint density at radius 1 is 0.711 bits per heavy atom. The average Bonchev–Trinajstić information content (AvgIpc) is 3.60. The molecule has 218 valence electrons. The summed E-state index contributed by atoms with van der Waals surface area (Å²) in [4.78, 5) is 9.55. The third-order valence-electron chi connectivity index (χ3n) is 8.39. The molecule has 5 aromatic carbocycles. The van der Waals surface area contributed by atoms with Crippen LogP contribution in [0.5, 0.6) is 11.5 Å². The number of aromatic nitrogens is 3. The number of benzene rings is 5. The van der Waals surface area contributed by atoms with Crippen molar-refractivity contribution in [2.75, 3.05) is 9.62 Å². The number of imidazole rings is 1. The van der Waals surface area contributed by atoms with Gasteiger partial charge < -0.3 is 23.5 Å². The summed E-state index contributed by atoms with van der Waals surface area (Å²) in [6, 6.07) is 48.6. The van der Waals surface area contributed by atoms with Crippen molar-refractivity contribution in [3.05, 3.63) is 146 Å². The van der Waals surface area contributed by atoms with E-state index < -0.39 is 0 Å². The number of fused-ring (bicyclic) bond motifs is 9. The van der Waals surface area contributed by atoms with Gasteiger partial charge in [0, 0.05) is 50.0 Å². The Morgan fingerprint density at radius 3 is 2.40 bits per heavy atom. The third-order valence-corrected chi connectivity index (χ3v) is 8.39. The van der Waals surface area contributed by atoms with E-state index >= 15 is 0 Å². The van der Waals surface area contributed by atoms with Gasteiger partial charge in [-0.05, 0) is 35.3 Å². The molecule has 7 aromatic rings. The first-order valence-corrected chi connectivity index (χ1v) is 14.6. The number of hydrogen-bond donors (Lipinski definition) is 0. The van der Waals surface area contributed by atoms with Crippen LogP contribution in [0.2, 0.25) is 0 Å². The molecule has 0 unspecified atom stereocenters. The fraction of sp³-hybridized carbons (Fsp3) is 0.0270. The van der Waals surface area contributed by atoms with Crippen LogP contribution in [0.4, 0.5) is 22.9 Å². The minimum Gasteiger partial charge on any atom is -0.510 e. The van der Waals surface area contributed by atoms with E-state index in [1.165, 1.54) is 11.0 Å². The molecule has 0 atom stereocenters. The van der Waals surface area contributed by atoms with Crippen molar-refractivity contribution in [3.63, 3.8) is 0 Å². The smallest absolute Gasteiger partial charge is 0.409 e. The van der Waals surface area contributed by atoms with Crippen LogP contribution in [-0.4, -0.2) is 16.5 Å². The fourth-order valence-electron chi connectivity index (χ4n) is 6.52. The summed E-state index contributed by atoms with van der Waals surface area (Å²) in [7, 11) is 2.00. The summed E-state index contributed by atoms with van der Waals surface area (Å²) in [6.45, 7) is -0.120. The van der Waals surface area contributed by atoms with E-state index in [0.717, 1.165) is 45.2 Å². The summed E-state index contributed by atoms with van der Waals surface area (Å²) >= 11 is 0. The van der Waals surface area contributed by atoms with Crippen molar-refractivity contribution in [2.24, 2.45) is 7.05 Å². The van der Waals surface area contributed by atoms with E-state index in [-0.39, 0.29) is 28.0 Å². The predicted octanol–water partition coefficient (Wildman–Crippen LogP) is 6.71. The van der Waals surface area contributed by atoms with E-state index in [1.54, 1.807) is 0 Å². The number of aryl methyl sites for hydroxylation is 1. The molecule has 45 heavy (non-hydrogen) atoms. The zero-order valence-corrected chi connectivity index (χ0v) is 26.4. The number of pyridine rings is 1. The largest absolute Gasteiger partial charge is 0.510 e. The number of nitrogens with zero attached hydrogens (tertiary/aromatic N) is 5. The van der Waals surface area contributed by atoms with Gasteiger partial charge in [-0.2, -0.15) is 12.1 Å². The minimum absolute atomic E-state index is 0. The molecule has 0 N–H and O–H groups in total. The zero-order valence-electron chi connectivity index (χ0n) is 24.2. The van der Waals surface area contributed by atoms with Crippen LogP contribution in [0.3, 0.4) is 0 Å². The topological polar surface area (TPSA) is 37.4 Å². The number of hydrogen-bond acceptors (Lipinski definition) is 4. The molecular weight excluding hydrogens is 736 g/mol. The average molecular weight is 761 g/mol. The van der Waals surface area contributed by atoms with Crippen LogP contribution in [0.15, 0.2) is 128 Å². The maximum Gasteiger partial charge on any atom is 0.409 e. The molecule has 9 rings (SSSR count). The molecule has 0 radical (unpaired) electrons. The monoisotopic (exact) mass is 760 g/mol. The quantitative estimate of drug-likeness (QED) is 0.114. The fourth-order valence-corrected chi connectivity index (χ4v) is 6.52. The van der Waals surface area contributed by atoms with Crippen molar-refractivity contribution in [1.29, 1.82) is 0 Å². The summed E-state index contributed by atoms with van der Waals surface area (Å²) in [5.41, 5.74) is 9.56. The van der Waals surface area contributed by atoms with Crippen molar-refractivity contribution in [2.45, 2.75) is 0 Å². The van der Waals surface area contributed by atoms with Crippen molar-refractivity contribution in [3.8, 4) is 28.3 Å². The van der Waals surface area contributed by atoms with Crippen LogP contribution in [0.1, 0.15) is 0 Å². The second-order valence-corrected chi connectivity index (χ2v) is 11.0. The van der Waals surface area contributed by atoms with Crippen LogP contribution in [-0.2, 0) is 28.1 Å². The van der Waals surface area contributed by atoms with Crippen LogP contribution < -0.4 is 24.4 Å². The van der Waals surface area contributed by atoms with Gasteiger partial charge in [-0.25, -0.2) is 4.98 Å². The molecule has 0 bridgehead atoms. The Balaban J connectivity index is 0.00000300. The maximum absolute atomic E-state index is 6.45. The molecule has 0 amide bonds. The summed E-state index contributed by atoms with van der Waals surface area (Å²) < 4.78 is 10.4. The number of para-hydroxylation sites is 3. The van der Waals surface area contributed by atoms with Gasteiger partial charge in [0.25, 0.3) is 0 Å². The first-order valence-electron chi connectivity index (χ1n) is 14.6. The van der Waals surface area contributed by atoms with Crippen LogP contribution >= 0.6 is 0 Å².